The Bertz CT molecular complexity index is 956. The molecule has 162 valence electrons. The van der Waals surface area contributed by atoms with Gasteiger partial charge in [-0.15, -0.1) is 11.3 Å². The molecule has 0 aliphatic carbocycles. The van der Waals surface area contributed by atoms with E-state index in [1.807, 2.05) is 34.3 Å². The van der Waals surface area contributed by atoms with Gasteiger partial charge in [0, 0.05) is 31.2 Å². The summed E-state index contributed by atoms with van der Waals surface area (Å²) in [6, 6.07) is 16.2. The summed E-state index contributed by atoms with van der Waals surface area (Å²) in [6.07, 6.45) is 3.71. The molecule has 5 heterocycles. The molecule has 1 N–H and O–H groups in total. The van der Waals surface area contributed by atoms with Crippen molar-refractivity contribution in [3.63, 3.8) is 0 Å². The van der Waals surface area contributed by atoms with Gasteiger partial charge in [0.05, 0.1) is 31.1 Å². The molecule has 3 aromatic rings. The highest BCUT2D eigenvalue weighted by atomic mass is 32.1. The van der Waals surface area contributed by atoms with Crippen LogP contribution in [0.25, 0.3) is 0 Å². The number of benzene rings is 1. The zero-order valence-electron chi connectivity index (χ0n) is 17.5. The van der Waals surface area contributed by atoms with Crippen molar-refractivity contribution in [3.05, 3.63) is 80.7 Å². The molecule has 0 spiro atoms. The molecule has 3 saturated heterocycles. The SMILES string of the molecule is O=C(OC12CC[N+](CCc3ccccc3)(CC1)CC2)C(O)(c1ccsc1)c1cccs1. The Kier molecular flexibility index (Phi) is 5.51. The minimum atomic E-state index is -1.73. The molecule has 1 unspecified atom stereocenters. The summed E-state index contributed by atoms with van der Waals surface area (Å²) in [4.78, 5) is 14.1. The molecular formula is C25H28NO3S2+. The minimum absolute atomic E-state index is 0.439. The van der Waals surface area contributed by atoms with E-state index < -0.39 is 17.2 Å². The van der Waals surface area contributed by atoms with Crippen LogP contribution in [0.5, 0.6) is 0 Å². The highest BCUT2D eigenvalue weighted by molar-refractivity contribution is 7.10. The second-order valence-corrected chi connectivity index (χ2v) is 10.7. The number of carbonyl (C=O) groups excluding carboxylic acids is 1. The van der Waals surface area contributed by atoms with Gasteiger partial charge in [-0.25, -0.2) is 4.79 Å². The molecule has 0 radical (unpaired) electrons. The summed E-state index contributed by atoms with van der Waals surface area (Å²) < 4.78 is 7.32. The fraction of sp³-hybridized carbons (Fsp3) is 0.400. The Hall–Kier alpha value is -1.99. The van der Waals surface area contributed by atoms with Crippen LogP contribution in [0.1, 0.15) is 35.3 Å². The third kappa shape index (κ3) is 3.87. The molecule has 0 saturated carbocycles. The maximum atomic E-state index is 13.4. The normalized spacial score (nSPS) is 27.0. The predicted molar refractivity (Wildman–Crippen MR) is 124 cm³/mol. The Morgan fingerprint density at radius 2 is 1.77 bits per heavy atom. The Morgan fingerprint density at radius 3 is 2.39 bits per heavy atom. The number of hydrogen-bond donors (Lipinski definition) is 1. The van der Waals surface area contributed by atoms with Gasteiger partial charge in [-0.1, -0.05) is 36.4 Å². The monoisotopic (exact) mass is 454 g/mol. The van der Waals surface area contributed by atoms with Crippen LogP contribution in [0, 0.1) is 0 Å². The fourth-order valence-electron chi connectivity index (χ4n) is 5.12. The molecule has 3 aliphatic rings. The van der Waals surface area contributed by atoms with Crippen molar-refractivity contribution >= 4 is 28.6 Å². The number of hydrogen-bond acceptors (Lipinski definition) is 5. The van der Waals surface area contributed by atoms with E-state index in [0.717, 1.165) is 56.3 Å². The van der Waals surface area contributed by atoms with Crippen LogP contribution < -0.4 is 0 Å². The quantitative estimate of drug-likeness (QED) is 0.420. The molecule has 1 aromatic carbocycles. The molecule has 2 aromatic heterocycles. The Morgan fingerprint density at radius 1 is 1.03 bits per heavy atom. The lowest BCUT2D eigenvalue weighted by Crippen LogP contribution is -2.66. The number of quaternary nitrogens is 1. The van der Waals surface area contributed by atoms with E-state index in [9.17, 15) is 9.90 Å². The van der Waals surface area contributed by atoms with Gasteiger partial charge in [-0.2, -0.15) is 11.3 Å². The molecule has 31 heavy (non-hydrogen) atoms. The second-order valence-electron chi connectivity index (χ2n) is 8.99. The summed E-state index contributed by atoms with van der Waals surface area (Å²) in [5, 5.41) is 17.2. The van der Waals surface area contributed by atoms with Gasteiger partial charge in [-0.3, -0.25) is 0 Å². The van der Waals surface area contributed by atoms with Crippen LogP contribution in [0.15, 0.2) is 64.7 Å². The molecule has 6 heteroatoms. The maximum Gasteiger partial charge on any atom is 0.349 e. The van der Waals surface area contributed by atoms with Crippen molar-refractivity contribution < 1.29 is 19.1 Å². The number of aliphatic hydroxyl groups is 1. The van der Waals surface area contributed by atoms with Gasteiger partial charge < -0.3 is 14.3 Å². The molecule has 4 nitrogen and oxygen atoms in total. The average molecular weight is 455 g/mol. The first-order valence-corrected chi connectivity index (χ1v) is 12.8. The summed E-state index contributed by atoms with van der Waals surface area (Å²) in [5.41, 5.74) is -0.177. The van der Waals surface area contributed by atoms with Crippen LogP contribution in [0.4, 0.5) is 0 Å². The Balaban J connectivity index is 1.29. The smallest absolute Gasteiger partial charge is 0.349 e. The van der Waals surface area contributed by atoms with E-state index in [1.165, 1.54) is 28.2 Å². The van der Waals surface area contributed by atoms with Crippen LogP contribution in [-0.2, 0) is 21.6 Å². The van der Waals surface area contributed by atoms with Gasteiger partial charge in [0.1, 0.15) is 5.60 Å². The lowest BCUT2D eigenvalue weighted by molar-refractivity contribution is -0.944. The Labute approximate surface area is 191 Å². The van der Waals surface area contributed by atoms with Gasteiger partial charge in [0.15, 0.2) is 0 Å². The molecule has 0 amide bonds. The predicted octanol–water partition coefficient (Wildman–Crippen LogP) is 4.58. The van der Waals surface area contributed by atoms with E-state index >= 15 is 0 Å². The van der Waals surface area contributed by atoms with Crippen LogP contribution in [0.2, 0.25) is 0 Å². The van der Waals surface area contributed by atoms with Gasteiger partial charge in [0.2, 0.25) is 5.60 Å². The standard InChI is InChI=1S/C25H28NO3S2/c27-23(25(28,21-9-18-30-19-21)22-7-4-17-31-22)29-24-10-14-26(15-11-24,16-12-24)13-8-20-5-2-1-3-6-20/h1-7,9,17-19,28H,8,10-16H2/q+1. The van der Waals surface area contributed by atoms with Crippen molar-refractivity contribution in [3.8, 4) is 0 Å². The number of nitrogens with zero attached hydrogens (tertiary/aromatic N) is 1. The van der Waals surface area contributed by atoms with Crippen molar-refractivity contribution in [2.75, 3.05) is 26.2 Å². The van der Waals surface area contributed by atoms with Crippen molar-refractivity contribution in [2.24, 2.45) is 0 Å². The topological polar surface area (TPSA) is 46.5 Å². The first-order chi connectivity index (χ1) is 15.0. The lowest BCUT2D eigenvalue weighted by Gasteiger charge is -2.54. The van der Waals surface area contributed by atoms with Crippen LogP contribution >= 0.6 is 22.7 Å². The van der Waals surface area contributed by atoms with Crippen molar-refractivity contribution in [1.82, 2.24) is 0 Å². The van der Waals surface area contributed by atoms with E-state index in [-0.39, 0.29) is 0 Å². The molecule has 3 aliphatic heterocycles. The number of rotatable bonds is 7. The van der Waals surface area contributed by atoms with Crippen molar-refractivity contribution in [2.45, 2.75) is 36.9 Å². The third-order valence-electron chi connectivity index (χ3n) is 7.26. The maximum absolute atomic E-state index is 13.4. The molecule has 6 rings (SSSR count). The molecule has 3 fully saturated rings. The van der Waals surface area contributed by atoms with Crippen LogP contribution in [0.3, 0.4) is 0 Å². The van der Waals surface area contributed by atoms with E-state index in [1.54, 1.807) is 0 Å². The van der Waals surface area contributed by atoms with Crippen LogP contribution in [-0.4, -0.2) is 47.3 Å². The minimum Gasteiger partial charge on any atom is -0.456 e. The zero-order chi connectivity index (χ0) is 21.4. The molecular weight excluding hydrogens is 426 g/mol. The fourth-order valence-corrected chi connectivity index (χ4v) is 6.65. The molecule has 2 bridgehead atoms. The van der Waals surface area contributed by atoms with Crippen molar-refractivity contribution in [1.29, 1.82) is 0 Å². The highest BCUT2D eigenvalue weighted by Gasteiger charge is 2.54. The van der Waals surface area contributed by atoms with Gasteiger partial charge in [0.25, 0.3) is 0 Å². The second kappa shape index (κ2) is 8.17. The number of piperidine rings is 3. The number of ether oxygens (including phenoxy) is 1. The summed E-state index contributed by atoms with van der Waals surface area (Å²) >= 11 is 2.87. The number of thiophene rings is 2. The van der Waals surface area contributed by atoms with Gasteiger partial charge >= 0.3 is 5.97 Å². The summed E-state index contributed by atoms with van der Waals surface area (Å²) in [6.45, 7) is 4.25. The van der Waals surface area contributed by atoms with Gasteiger partial charge in [-0.05, 0) is 33.8 Å². The first kappa shape index (κ1) is 20.9. The average Bonchev–Trinajstić information content (AvgIpc) is 3.54. The lowest BCUT2D eigenvalue weighted by atomic mass is 9.80. The third-order valence-corrected chi connectivity index (χ3v) is 8.93. The summed E-state index contributed by atoms with van der Waals surface area (Å²) in [7, 11) is 0. The molecule has 1 atom stereocenters. The van der Waals surface area contributed by atoms with E-state index in [4.69, 9.17) is 4.74 Å². The van der Waals surface area contributed by atoms with E-state index in [2.05, 4.69) is 30.3 Å². The summed E-state index contributed by atoms with van der Waals surface area (Å²) in [5.74, 6) is -0.528. The largest absolute Gasteiger partial charge is 0.456 e. The number of carbonyl (C=O) groups is 1. The zero-order valence-corrected chi connectivity index (χ0v) is 19.2. The number of esters is 1. The van der Waals surface area contributed by atoms with E-state index in [0.29, 0.717) is 10.4 Å². The number of fused-ring (bicyclic) bond motifs is 3. The first-order valence-electron chi connectivity index (χ1n) is 11.0. The highest BCUT2D eigenvalue weighted by Crippen LogP contribution is 2.43.